The lowest BCUT2D eigenvalue weighted by molar-refractivity contribution is 0.248. The maximum absolute atomic E-state index is 10.2. The fourth-order valence-electron chi connectivity index (χ4n) is 4.88. The highest BCUT2D eigenvalue weighted by atomic mass is 35.5. The number of hydrogen-bond acceptors (Lipinski definition) is 4. The minimum atomic E-state index is 0.107. The van der Waals surface area contributed by atoms with Crippen molar-refractivity contribution in [3.05, 3.63) is 88.4 Å². The smallest absolute Gasteiger partial charge is 0.123 e. The summed E-state index contributed by atoms with van der Waals surface area (Å²) in [7, 11) is 0. The molecule has 166 valence electrons. The van der Waals surface area contributed by atoms with Crippen LogP contribution >= 0.6 is 23.4 Å². The average Bonchev–Trinajstić information content (AvgIpc) is 3.33. The van der Waals surface area contributed by atoms with Crippen LogP contribution in [-0.2, 0) is 0 Å². The summed E-state index contributed by atoms with van der Waals surface area (Å²) in [4.78, 5) is 3.86. The molecule has 0 unspecified atom stereocenters. The third-order valence-electron chi connectivity index (χ3n) is 6.56. The van der Waals surface area contributed by atoms with Crippen LogP contribution in [0.15, 0.2) is 71.6 Å². The molecule has 3 nitrogen and oxygen atoms in total. The Morgan fingerprint density at radius 3 is 2.41 bits per heavy atom. The Bertz CT molecular complexity index is 1050. The largest absolute Gasteiger partial charge is 0.508 e. The van der Waals surface area contributed by atoms with Crippen LogP contribution < -0.4 is 4.74 Å². The van der Waals surface area contributed by atoms with Gasteiger partial charge < -0.3 is 14.7 Å². The first-order chi connectivity index (χ1) is 15.7. The van der Waals surface area contributed by atoms with E-state index in [4.69, 9.17) is 16.3 Å². The second kappa shape index (κ2) is 9.78. The van der Waals surface area contributed by atoms with E-state index in [9.17, 15) is 5.11 Å². The van der Waals surface area contributed by atoms with Crippen molar-refractivity contribution >= 4 is 23.4 Å². The monoisotopic (exact) mass is 465 g/mol. The summed E-state index contributed by atoms with van der Waals surface area (Å²) in [5.41, 5.74) is 3.46. The topological polar surface area (TPSA) is 32.7 Å². The standard InChI is InChI=1S/C27H28ClNO2S/c28-21-7-3-19(4-8-21)25-18-31-26-12-9-22(30)17-24(26)27(25)20-5-10-23(11-6-20)32-16-15-29-13-1-2-14-29/h3-12,17,25,27,30H,1-2,13-16,18H2/t25-,27-/m1/s1. The number of benzene rings is 3. The third-order valence-corrected chi connectivity index (χ3v) is 7.81. The first-order valence-corrected chi connectivity index (χ1v) is 12.7. The number of thioether (sulfide) groups is 1. The van der Waals surface area contributed by atoms with Crippen molar-refractivity contribution in [3.8, 4) is 11.5 Å². The van der Waals surface area contributed by atoms with E-state index in [1.54, 1.807) is 6.07 Å². The van der Waals surface area contributed by atoms with E-state index in [1.807, 2.05) is 36.0 Å². The molecule has 0 spiro atoms. The zero-order valence-corrected chi connectivity index (χ0v) is 19.6. The number of rotatable bonds is 6. The predicted octanol–water partition coefficient (Wildman–Crippen LogP) is 6.54. The van der Waals surface area contributed by atoms with Gasteiger partial charge in [0.25, 0.3) is 0 Å². The number of halogens is 1. The molecule has 0 aromatic heterocycles. The number of likely N-dealkylation sites (tertiary alicyclic amines) is 1. The van der Waals surface area contributed by atoms with Crippen LogP contribution in [0.25, 0.3) is 0 Å². The Morgan fingerprint density at radius 1 is 0.938 bits per heavy atom. The number of aromatic hydroxyl groups is 1. The van der Waals surface area contributed by atoms with Crippen LogP contribution in [0.5, 0.6) is 11.5 Å². The molecule has 2 atom stereocenters. The molecule has 0 bridgehead atoms. The Labute approximate surface area is 199 Å². The van der Waals surface area contributed by atoms with Gasteiger partial charge in [-0.15, -0.1) is 11.8 Å². The van der Waals surface area contributed by atoms with Gasteiger partial charge in [-0.1, -0.05) is 35.9 Å². The molecule has 2 aliphatic rings. The van der Waals surface area contributed by atoms with Crippen LogP contribution in [0.2, 0.25) is 5.02 Å². The van der Waals surface area contributed by atoms with Crippen molar-refractivity contribution < 1.29 is 9.84 Å². The van der Waals surface area contributed by atoms with Crippen molar-refractivity contribution in [3.63, 3.8) is 0 Å². The summed E-state index contributed by atoms with van der Waals surface area (Å²) in [5, 5.41) is 10.9. The molecule has 0 amide bonds. The van der Waals surface area contributed by atoms with Gasteiger partial charge in [0.2, 0.25) is 0 Å². The highest BCUT2D eigenvalue weighted by Crippen LogP contribution is 2.47. The number of phenols is 1. The quantitative estimate of drug-likeness (QED) is 0.419. The number of phenolic OH excluding ortho intramolecular Hbond substituents is 1. The molecule has 1 fully saturated rings. The maximum Gasteiger partial charge on any atom is 0.123 e. The van der Waals surface area contributed by atoms with Crippen molar-refractivity contribution in [1.29, 1.82) is 0 Å². The average molecular weight is 466 g/mol. The second-order valence-electron chi connectivity index (χ2n) is 8.64. The number of nitrogens with zero attached hydrogens (tertiary/aromatic N) is 1. The first kappa shape index (κ1) is 21.7. The van der Waals surface area contributed by atoms with Gasteiger partial charge in [-0.2, -0.15) is 0 Å². The molecule has 2 aliphatic heterocycles. The van der Waals surface area contributed by atoms with Crippen molar-refractivity contribution in [2.45, 2.75) is 29.6 Å². The van der Waals surface area contributed by atoms with E-state index in [-0.39, 0.29) is 17.6 Å². The van der Waals surface area contributed by atoms with Crippen molar-refractivity contribution in [2.75, 3.05) is 32.0 Å². The molecule has 5 heteroatoms. The molecular formula is C27H28ClNO2S. The Morgan fingerprint density at radius 2 is 1.66 bits per heavy atom. The van der Waals surface area contributed by atoms with Crippen LogP contribution in [0.3, 0.4) is 0 Å². The number of hydrogen-bond donors (Lipinski definition) is 1. The molecule has 3 aromatic carbocycles. The predicted molar refractivity (Wildman–Crippen MR) is 132 cm³/mol. The molecule has 2 heterocycles. The zero-order valence-electron chi connectivity index (χ0n) is 18.0. The molecule has 3 aromatic rings. The molecule has 5 rings (SSSR count). The summed E-state index contributed by atoms with van der Waals surface area (Å²) in [6, 6.07) is 22.4. The van der Waals surface area contributed by atoms with E-state index in [0.717, 1.165) is 28.6 Å². The van der Waals surface area contributed by atoms with Crippen LogP contribution in [-0.4, -0.2) is 42.0 Å². The second-order valence-corrected chi connectivity index (χ2v) is 10.2. The Kier molecular flexibility index (Phi) is 6.63. The summed E-state index contributed by atoms with van der Waals surface area (Å²) in [5.74, 6) is 2.50. The van der Waals surface area contributed by atoms with Gasteiger partial charge in [0.05, 0.1) is 6.61 Å². The zero-order chi connectivity index (χ0) is 21.9. The highest BCUT2D eigenvalue weighted by molar-refractivity contribution is 7.99. The third kappa shape index (κ3) is 4.78. The van der Waals surface area contributed by atoms with Gasteiger partial charge in [-0.3, -0.25) is 0 Å². The molecule has 32 heavy (non-hydrogen) atoms. The first-order valence-electron chi connectivity index (χ1n) is 11.3. The van der Waals surface area contributed by atoms with Crippen LogP contribution in [0.1, 0.15) is 41.4 Å². The molecule has 0 radical (unpaired) electrons. The van der Waals surface area contributed by atoms with E-state index in [1.165, 1.54) is 42.0 Å². The van der Waals surface area contributed by atoms with Crippen LogP contribution in [0, 0.1) is 0 Å². The number of ether oxygens (including phenoxy) is 1. The fourth-order valence-corrected chi connectivity index (χ4v) is 5.92. The highest BCUT2D eigenvalue weighted by Gasteiger charge is 2.33. The summed E-state index contributed by atoms with van der Waals surface area (Å²) in [6.07, 6.45) is 2.69. The lowest BCUT2D eigenvalue weighted by Gasteiger charge is -2.34. The maximum atomic E-state index is 10.2. The summed E-state index contributed by atoms with van der Waals surface area (Å²) >= 11 is 8.07. The van der Waals surface area contributed by atoms with E-state index >= 15 is 0 Å². The van der Waals surface area contributed by atoms with Crippen LogP contribution in [0.4, 0.5) is 0 Å². The minimum Gasteiger partial charge on any atom is -0.508 e. The van der Waals surface area contributed by atoms with Gasteiger partial charge in [0.15, 0.2) is 0 Å². The number of fused-ring (bicyclic) bond motifs is 1. The molecule has 0 saturated carbocycles. The molecule has 0 aliphatic carbocycles. The Balaban J connectivity index is 1.40. The SMILES string of the molecule is Oc1ccc2c(c1)[C@@H](c1ccc(SCCN3CCCC3)cc1)[C@@H](c1ccc(Cl)cc1)CO2. The van der Waals surface area contributed by atoms with Gasteiger partial charge >= 0.3 is 0 Å². The van der Waals surface area contributed by atoms with Gasteiger partial charge in [-0.05, 0) is 79.5 Å². The fraction of sp³-hybridized carbons (Fsp3) is 0.333. The van der Waals surface area contributed by atoms with Crippen molar-refractivity contribution in [1.82, 2.24) is 4.90 Å². The summed E-state index contributed by atoms with van der Waals surface area (Å²) < 4.78 is 6.10. The molecule has 1 N–H and O–H groups in total. The summed E-state index contributed by atoms with van der Waals surface area (Å²) in [6.45, 7) is 4.26. The van der Waals surface area contributed by atoms with E-state index < -0.39 is 0 Å². The van der Waals surface area contributed by atoms with E-state index in [2.05, 4.69) is 41.3 Å². The Hall–Kier alpha value is -2.14. The van der Waals surface area contributed by atoms with E-state index in [0.29, 0.717) is 6.61 Å². The molecular weight excluding hydrogens is 438 g/mol. The molecule has 1 saturated heterocycles. The minimum absolute atomic E-state index is 0.107. The lowest BCUT2D eigenvalue weighted by Crippen LogP contribution is -2.25. The lowest BCUT2D eigenvalue weighted by atomic mass is 9.76. The normalized spacial score (nSPS) is 20.7. The van der Waals surface area contributed by atoms with Crippen molar-refractivity contribution in [2.24, 2.45) is 0 Å². The van der Waals surface area contributed by atoms with Gasteiger partial charge in [0.1, 0.15) is 11.5 Å². The van der Waals surface area contributed by atoms with Gasteiger partial charge in [-0.25, -0.2) is 0 Å². The van der Waals surface area contributed by atoms with Gasteiger partial charge in [0, 0.05) is 39.6 Å².